The number of nitrogens with zero attached hydrogens (tertiary/aromatic N) is 2. The van der Waals surface area contributed by atoms with Gasteiger partial charge in [-0.25, -0.2) is 45.9 Å². The maximum atomic E-state index is 17.2. The van der Waals surface area contributed by atoms with Crippen LogP contribution in [0, 0.1) is 11.8 Å². The molecule has 2 aromatic rings. The monoisotopic (exact) mass is 2040 g/mol. The van der Waals surface area contributed by atoms with Gasteiger partial charge in [0.05, 0.1) is 18.7 Å². The molecular weight excluding hydrogens is 2010 g/mol. The zero-order valence-electron chi connectivity index (χ0n) is 56.5. The van der Waals surface area contributed by atoms with Crippen LogP contribution in [0.2, 0.25) is 6.04 Å². The lowest BCUT2D eigenvalue weighted by molar-refractivity contribution is -0.476. The summed E-state index contributed by atoms with van der Waals surface area (Å²) in [5.74, 6) is -272. The van der Waals surface area contributed by atoms with Crippen molar-refractivity contribution < 1.29 is 301 Å². The first kappa shape index (κ1) is 113. The fourth-order valence-electron chi connectivity index (χ4n) is 9.31. The first-order valence-corrected chi connectivity index (χ1v) is 33.0. The van der Waals surface area contributed by atoms with Crippen LogP contribution in [-0.4, -0.2) is 225 Å². The lowest BCUT2D eigenvalue weighted by Crippen LogP contribution is -2.91. The van der Waals surface area contributed by atoms with Gasteiger partial charge in [0.1, 0.15) is 15.7 Å². The van der Waals surface area contributed by atoms with Gasteiger partial charge in [0.2, 0.25) is 0 Å². The zero-order chi connectivity index (χ0) is 101. The van der Waals surface area contributed by atoms with E-state index in [0.717, 1.165) is 19.2 Å². The maximum Gasteiger partial charge on any atom is 0.460 e. The summed E-state index contributed by atoms with van der Waals surface area (Å²) in [5, 5.41) is 10.9. The highest BCUT2D eigenvalue weighted by Gasteiger charge is 3.09. The predicted molar refractivity (Wildman–Crippen MR) is 271 cm³/mol. The largest absolute Gasteiger partial charge is 0.476 e. The number of nitrogens with one attached hydrogen (secondary N) is 2. The second-order valence-electron chi connectivity index (χ2n) is 25.3. The van der Waals surface area contributed by atoms with E-state index >= 15 is 132 Å². The van der Waals surface area contributed by atoms with Gasteiger partial charge in [0.25, 0.3) is 5.91 Å². The predicted octanol–water partition coefficient (Wildman–Crippen LogP) is 23.8. The van der Waals surface area contributed by atoms with Crippen molar-refractivity contribution in [3.05, 3.63) is 32.2 Å². The lowest BCUT2D eigenvalue weighted by Gasteiger charge is -2.55. The van der Waals surface area contributed by atoms with Crippen LogP contribution in [0.3, 0.4) is 0 Å². The fourth-order valence-corrected chi connectivity index (χ4v) is 16.0. The van der Waals surface area contributed by atoms with Crippen molar-refractivity contribution in [3.8, 4) is 0 Å². The smallest absolute Gasteiger partial charge is 0.460 e. The van der Waals surface area contributed by atoms with Gasteiger partial charge in [0.15, 0.2) is 5.69 Å². The average Bonchev–Trinajstić information content (AvgIpc) is 0.648. The quantitative estimate of drug-likeness (QED) is 0.0451. The average molecular weight is 2040 g/mol. The molecule has 2 heterocycles. The number of carboxylic acid groups (broad SMARTS) is 1. The summed E-state index contributed by atoms with van der Waals surface area (Å²) < 4.78 is 936. The van der Waals surface area contributed by atoms with Gasteiger partial charge in [-0.3, -0.25) is 4.79 Å². The van der Waals surface area contributed by atoms with Crippen LogP contribution >= 0.6 is 22.7 Å². The van der Waals surface area contributed by atoms with Gasteiger partial charge in [0, 0.05) is 10.8 Å². The normalized spacial score (nSPS) is 16.8. The minimum Gasteiger partial charge on any atom is -0.476 e. The third-order valence-corrected chi connectivity index (χ3v) is 23.7. The van der Waals surface area contributed by atoms with Crippen LogP contribution < -0.4 is 10.6 Å². The van der Waals surface area contributed by atoms with E-state index in [0.29, 0.717) is 30.5 Å². The number of ether oxygens (including phenoxy) is 1. The third-order valence-electron chi connectivity index (χ3n) is 16.8. The molecule has 2 amide bonds. The summed E-state index contributed by atoms with van der Waals surface area (Å²) >= 11 is 0.00395. The SMILES string of the molecule is CC(C)[C@H](NC(=O)OCC[Si](C(F)(F)C(F)(F)C(F)(F)C(F)(F)C(F)(F)C(F)(F)C(F)(F)C(F)(F)C(F)(F)C(F)(F)F)(C(F)(F)C(F)(F)C(F)(F)C(F)(F)C(F)(F)C(F)(F)C(F)(F)C(F)(F)C(F)(F)C(F)(F)F)C(F)(F)C(F)(F)C(F)(F)C(F)(F)C(F)(F)C(F)(F)C(F)(F)C(F)(F)C(F)(F)C(F)(F)F)c1nc(C(=O)N[C@H](c2nc(C(=O)O)cs2)C(C)C)cs1. The molecule has 124 heavy (non-hydrogen) atoms. The number of alkyl carbamates (subject to hydrolysis) is 1. The Labute approximate surface area is 643 Å². The molecule has 0 fully saturated rings. The summed E-state index contributed by atoms with van der Waals surface area (Å²) in [6, 6.07) is -11.5. The summed E-state index contributed by atoms with van der Waals surface area (Å²) in [6.07, 6.45) is -31.1. The van der Waals surface area contributed by atoms with Crippen molar-refractivity contribution in [2.45, 2.75) is 223 Å². The van der Waals surface area contributed by atoms with Crippen molar-refractivity contribution in [2.75, 3.05) is 6.61 Å². The standard InChI is InChI=1S/C49H25F63N4O5S2Si/c1-9(2)13(16-114-12(8-123-16)18(118)119)115-15(117)11-7-122-17(113-11)14(10(3)4)116-19(120)121-5-6-124(47(107,108)41(92,93)35(80,81)29(68,69)23(56,57)20(50,51)26(62,63)32(74,75)38(86,87)44(98,99)100,48(109,110)42(94,95)36(82,83)30(70,71)24(58,59)21(52,53)27(64,65)33(76,77)39(88,89)45(101,102)103)49(111,112)43(96,97)37(84,85)31(72,73)25(60,61)22(54,55)28(66,67)34(78,79)40(90,91)46(104,105)106/h7-10,13-14H,5-6H2,1-4H3,(H,115,117)(H,116,120)(H,118,119)/t13-,14-/m0/s1. The number of halogens is 63. The molecule has 0 saturated heterocycles. The van der Waals surface area contributed by atoms with E-state index in [9.17, 15) is 159 Å². The van der Waals surface area contributed by atoms with Crippen molar-refractivity contribution >= 4 is 48.7 Å². The molecule has 75 heteroatoms. The summed E-state index contributed by atoms with van der Waals surface area (Å²) in [6.45, 7) is -2.41. The van der Waals surface area contributed by atoms with Crippen molar-refractivity contribution in [2.24, 2.45) is 11.8 Å². The van der Waals surface area contributed by atoms with Gasteiger partial charge in [-0.1, -0.05) is 27.7 Å². The highest BCUT2D eigenvalue weighted by atomic mass is 32.1. The molecule has 0 saturated carbocycles. The number of aromatic carboxylic acids is 1. The molecule has 0 aliphatic carbocycles. The van der Waals surface area contributed by atoms with Crippen LogP contribution in [-0.2, 0) is 4.74 Å². The number of carboxylic acids is 1. The number of carbonyl (C=O) groups is 3. The first-order valence-electron chi connectivity index (χ1n) is 29.1. The fraction of sp³-hybridized carbons (Fsp3) is 0.816. The van der Waals surface area contributed by atoms with E-state index in [2.05, 4.69) is 14.7 Å². The highest BCUT2D eigenvalue weighted by molar-refractivity contribution is 7.10. The molecular formula is C49H25F63N4O5S2Si. The first-order chi connectivity index (χ1) is 53.3. The van der Waals surface area contributed by atoms with Gasteiger partial charge in [-0.05, 0) is 17.9 Å². The second-order valence-corrected chi connectivity index (χ2v) is 31.3. The number of hydrogen-bond acceptors (Lipinski definition) is 8. The Morgan fingerprint density at radius 2 is 0.476 bits per heavy atom. The molecule has 0 aliphatic heterocycles. The van der Waals surface area contributed by atoms with E-state index in [1.54, 1.807) is 0 Å². The minimum atomic E-state index is -15.2. The van der Waals surface area contributed by atoms with Crippen molar-refractivity contribution in [1.82, 2.24) is 20.6 Å². The van der Waals surface area contributed by atoms with Crippen LogP contribution in [0.4, 0.5) is 281 Å². The number of aromatic nitrogens is 2. The number of hydrogen-bond donors (Lipinski definition) is 3. The minimum absolute atomic E-state index is 0.262. The molecule has 0 unspecified atom stereocenters. The molecule has 2 atom stereocenters. The molecule has 9 nitrogen and oxygen atoms in total. The lowest BCUT2D eigenvalue weighted by atomic mass is 9.87. The van der Waals surface area contributed by atoms with Gasteiger partial charge in [-0.15, -0.1) is 22.7 Å². The van der Waals surface area contributed by atoms with Gasteiger partial charge in [-0.2, -0.15) is 250 Å². The molecule has 0 bridgehead atoms. The molecule has 728 valence electrons. The topological polar surface area (TPSA) is 131 Å². The van der Waals surface area contributed by atoms with Crippen molar-refractivity contribution in [3.63, 3.8) is 0 Å². The zero-order valence-corrected chi connectivity index (χ0v) is 59.1. The second kappa shape index (κ2) is 31.0. The molecule has 0 aliphatic rings. The number of amides is 2. The van der Waals surface area contributed by atoms with E-state index < -0.39 is 261 Å². The van der Waals surface area contributed by atoms with E-state index in [1.807, 2.05) is 5.32 Å². The Bertz CT molecular complexity index is 3870. The molecule has 0 spiro atoms. The summed E-state index contributed by atoms with van der Waals surface area (Å²) in [4.78, 5) is 44.6. The van der Waals surface area contributed by atoms with Crippen molar-refractivity contribution in [1.29, 1.82) is 0 Å². The maximum absolute atomic E-state index is 17.2. The van der Waals surface area contributed by atoms with E-state index in [4.69, 9.17) is 5.11 Å². The molecule has 2 aromatic heterocycles. The van der Waals surface area contributed by atoms with E-state index in [1.165, 1.54) is 0 Å². The van der Waals surface area contributed by atoms with Crippen LogP contribution in [0.1, 0.15) is 70.8 Å². The summed E-state index contributed by atoms with van der Waals surface area (Å²) in [7, 11) is -15.2. The number of rotatable bonds is 38. The van der Waals surface area contributed by atoms with Crippen LogP contribution in [0.15, 0.2) is 10.8 Å². The third kappa shape index (κ3) is 14.7. The number of thiazole rings is 2. The number of alkyl halides is 63. The van der Waals surface area contributed by atoms with E-state index in [-0.39, 0.29) is 16.7 Å². The molecule has 2 rings (SSSR count). The Hall–Kier alpha value is -6.72. The number of carbonyl (C=O) groups excluding carboxylic acids is 2. The van der Waals surface area contributed by atoms with Gasteiger partial charge < -0.3 is 20.5 Å². The molecule has 3 N–H and O–H groups in total. The van der Waals surface area contributed by atoms with Crippen LogP contribution in [0.5, 0.6) is 0 Å². The Morgan fingerprint density at radius 3 is 0.661 bits per heavy atom. The summed E-state index contributed by atoms with van der Waals surface area (Å²) in [5.41, 5.74) is -39.3. The Kier molecular flexibility index (Phi) is 28.3. The Morgan fingerprint density at radius 1 is 0.298 bits per heavy atom. The molecule has 0 radical (unpaired) electrons. The van der Waals surface area contributed by atoms with Gasteiger partial charge >= 0.3 is 197 Å². The molecule has 0 aromatic carbocycles. The Balaban J connectivity index is 3.89. The van der Waals surface area contributed by atoms with Crippen LogP contribution in [0.25, 0.3) is 0 Å². The highest BCUT2D eigenvalue weighted by Crippen LogP contribution is 2.76.